The number of nitrogens with zero attached hydrogens (tertiary/aromatic N) is 1. The molecule has 1 rings (SSSR count). The smallest absolute Gasteiger partial charge is 0.00385 e. The number of rotatable bonds is 3. The van der Waals surface area contributed by atoms with Crippen LogP contribution in [0.15, 0.2) is 0 Å². The maximum Gasteiger partial charge on any atom is 0.00385 e. The fourth-order valence-corrected chi connectivity index (χ4v) is 2.47. The van der Waals surface area contributed by atoms with Gasteiger partial charge in [0.05, 0.1) is 0 Å². The van der Waals surface area contributed by atoms with Gasteiger partial charge in [0.15, 0.2) is 0 Å². The lowest BCUT2D eigenvalue weighted by Crippen LogP contribution is -2.42. The van der Waals surface area contributed by atoms with Gasteiger partial charge in [-0.2, -0.15) is 0 Å². The highest BCUT2D eigenvalue weighted by Crippen LogP contribution is 2.38. The molecule has 0 saturated carbocycles. The van der Waals surface area contributed by atoms with Gasteiger partial charge in [-0.1, -0.05) is 54.4 Å². The minimum atomic E-state index is 0.686. The monoisotopic (exact) mass is 243 g/mol. The normalized spacial score (nSPS) is 18.9. The SMILES string of the molecule is CC.CC.CCC1(CC)CCN(C(C)C)CC1. The minimum Gasteiger partial charge on any atom is -0.301 e. The second-order valence-electron chi connectivity index (χ2n) is 4.84. The van der Waals surface area contributed by atoms with Gasteiger partial charge in [-0.25, -0.2) is 0 Å². The average Bonchev–Trinajstić information content (AvgIpc) is 2.43. The molecule has 1 heterocycles. The third kappa shape index (κ3) is 6.45. The average molecular weight is 243 g/mol. The molecule has 0 radical (unpaired) electrons. The minimum absolute atomic E-state index is 0.686. The number of likely N-dealkylation sites (tertiary alicyclic amines) is 1. The molecule has 0 spiro atoms. The van der Waals surface area contributed by atoms with Gasteiger partial charge in [0.25, 0.3) is 0 Å². The molecule has 0 aromatic carbocycles. The van der Waals surface area contributed by atoms with Crippen molar-refractivity contribution in [2.75, 3.05) is 13.1 Å². The highest BCUT2D eigenvalue weighted by molar-refractivity contribution is 4.84. The summed E-state index contributed by atoms with van der Waals surface area (Å²) in [7, 11) is 0. The van der Waals surface area contributed by atoms with Crippen molar-refractivity contribution in [3.8, 4) is 0 Å². The first-order valence-corrected chi connectivity index (χ1v) is 7.87. The van der Waals surface area contributed by atoms with Crippen LogP contribution in [-0.4, -0.2) is 24.0 Å². The van der Waals surface area contributed by atoms with Gasteiger partial charge in [-0.05, 0) is 45.2 Å². The predicted molar refractivity (Wildman–Crippen MR) is 81.7 cm³/mol. The van der Waals surface area contributed by atoms with E-state index in [2.05, 4.69) is 32.6 Å². The summed E-state index contributed by atoms with van der Waals surface area (Å²) in [4.78, 5) is 2.61. The van der Waals surface area contributed by atoms with Gasteiger partial charge in [-0.15, -0.1) is 0 Å². The Kier molecular flexibility index (Phi) is 12.6. The largest absolute Gasteiger partial charge is 0.301 e. The Balaban J connectivity index is 0. The first kappa shape index (κ1) is 19.3. The zero-order valence-electron chi connectivity index (χ0n) is 13.8. The summed E-state index contributed by atoms with van der Waals surface area (Å²) >= 11 is 0. The Morgan fingerprint density at radius 2 is 1.24 bits per heavy atom. The highest BCUT2D eigenvalue weighted by atomic mass is 15.1. The summed E-state index contributed by atoms with van der Waals surface area (Å²) in [5.41, 5.74) is 0.686. The number of piperidine rings is 1. The Morgan fingerprint density at radius 1 is 0.882 bits per heavy atom. The van der Waals surface area contributed by atoms with Gasteiger partial charge in [-0.3, -0.25) is 0 Å². The summed E-state index contributed by atoms with van der Waals surface area (Å²) in [5, 5.41) is 0. The van der Waals surface area contributed by atoms with Gasteiger partial charge >= 0.3 is 0 Å². The molecule has 1 aliphatic heterocycles. The van der Waals surface area contributed by atoms with Gasteiger partial charge in [0, 0.05) is 6.04 Å². The Bertz CT molecular complexity index is 138. The van der Waals surface area contributed by atoms with E-state index in [0.29, 0.717) is 5.41 Å². The van der Waals surface area contributed by atoms with E-state index in [1.54, 1.807) is 0 Å². The molecule has 1 nitrogen and oxygen atoms in total. The van der Waals surface area contributed by atoms with Crippen LogP contribution in [0.5, 0.6) is 0 Å². The summed E-state index contributed by atoms with van der Waals surface area (Å²) < 4.78 is 0. The fourth-order valence-electron chi connectivity index (χ4n) is 2.47. The van der Waals surface area contributed by atoms with Crippen LogP contribution in [0.3, 0.4) is 0 Å². The maximum absolute atomic E-state index is 2.61. The van der Waals surface area contributed by atoms with Crippen LogP contribution in [0.4, 0.5) is 0 Å². The second-order valence-corrected chi connectivity index (χ2v) is 4.84. The van der Waals surface area contributed by atoms with E-state index in [1.807, 2.05) is 27.7 Å². The van der Waals surface area contributed by atoms with E-state index in [0.717, 1.165) is 6.04 Å². The Hall–Kier alpha value is -0.0400. The van der Waals surface area contributed by atoms with Gasteiger partial charge in [0.2, 0.25) is 0 Å². The van der Waals surface area contributed by atoms with Crippen LogP contribution < -0.4 is 0 Å². The first-order chi connectivity index (χ1) is 8.13. The molecule has 0 bridgehead atoms. The molecule has 0 atom stereocenters. The number of hydrogen-bond acceptors (Lipinski definition) is 1. The van der Waals surface area contributed by atoms with Crippen molar-refractivity contribution in [2.24, 2.45) is 5.41 Å². The molecule has 0 amide bonds. The predicted octanol–water partition coefficient (Wildman–Crippen LogP) is 5.35. The van der Waals surface area contributed by atoms with Crippen LogP contribution >= 0.6 is 0 Å². The Labute approximate surface area is 111 Å². The highest BCUT2D eigenvalue weighted by Gasteiger charge is 2.31. The molecule has 17 heavy (non-hydrogen) atoms. The van der Waals surface area contributed by atoms with Crippen LogP contribution in [0.25, 0.3) is 0 Å². The van der Waals surface area contributed by atoms with Crippen molar-refractivity contribution in [2.45, 2.75) is 87.1 Å². The van der Waals surface area contributed by atoms with Crippen LogP contribution in [-0.2, 0) is 0 Å². The summed E-state index contributed by atoms with van der Waals surface area (Å²) in [6, 6.07) is 0.742. The summed E-state index contributed by atoms with van der Waals surface area (Å²) in [5.74, 6) is 0. The molecule has 0 unspecified atom stereocenters. The van der Waals surface area contributed by atoms with E-state index >= 15 is 0 Å². The second kappa shape index (κ2) is 11.1. The van der Waals surface area contributed by atoms with E-state index in [9.17, 15) is 0 Å². The standard InChI is InChI=1S/C12H25N.2C2H6/c1-5-12(6-2)7-9-13(10-8-12)11(3)4;2*1-2/h11H,5-10H2,1-4H3;2*1-2H3. The van der Waals surface area contributed by atoms with E-state index in [4.69, 9.17) is 0 Å². The molecular weight excluding hydrogens is 206 g/mol. The van der Waals surface area contributed by atoms with E-state index < -0.39 is 0 Å². The quantitative estimate of drug-likeness (QED) is 0.646. The topological polar surface area (TPSA) is 3.24 Å². The molecule has 0 N–H and O–H groups in total. The molecule has 1 fully saturated rings. The van der Waals surface area contributed by atoms with Crippen LogP contribution in [0.2, 0.25) is 0 Å². The van der Waals surface area contributed by atoms with Gasteiger partial charge < -0.3 is 4.90 Å². The lowest BCUT2D eigenvalue weighted by Gasteiger charge is -2.42. The zero-order chi connectivity index (χ0) is 13.9. The van der Waals surface area contributed by atoms with Crippen molar-refractivity contribution in [3.63, 3.8) is 0 Å². The zero-order valence-corrected chi connectivity index (χ0v) is 13.8. The third-order valence-electron chi connectivity index (χ3n) is 4.09. The van der Waals surface area contributed by atoms with Crippen LogP contribution in [0.1, 0.15) is 81.1 Å². The molecule has 1 saturated heterocycles. The van der Waals surface area contributed by atoms with E-state index in [1.165, 1.54) is 38.8 Å². The molecule has 106 valence electrons. The molecule has 1 heteroatoms. The summed E-state index contributed by atoms with van der Waals surface area (Å²) in [6.07, 6.45) is 5.57. The molecular formula is C16H37N. The molecule has 0 aliphatic carbocycles. The van der Waals surface area contributed by atoms with Crippen molar-refractivity contribution >= 4 is 0 Å². The maximum atomic E-state index is 2.61. The van der Waals surface area contributed by atoms with Crippen LogP contribution in [0, 0.1) is 5.41 Å². The molecule has 1 aliphatic rings. The molecule has 0 aromatic heterocycles. The van der Waals surface area contributed by atoms with E-state index in [-0.39, 0.29) is 0 Å². The summed E-state index contributed by atoms with van der Waals surface area (Å²) in [6.45, 7) is 20.0. The third-order valence-corrected chi connectivity index (χ3v) is 4.09. The molecule has 0 aromatic rings. The lowest BCUT2D eigenvalue weighted by atomic mass is 9.74. The number of hydrogen-bond donors (Lipinski definition) is 0. The van der Waals surface area contributed by atoms with Crippen molar-refractivity contribution < 1.29 is 0 Å². The van der Waals surface area contributed by atoms with Crippen molar-refractivity contribution in [1.82, 2.24) is 4.90 Å². The van der Waals surface area contributed by atoms with Crippen molar-refractivity contribution in [1.29, 1.82) is 0 Å². The lowest BCUT2D eigenvalue weighted by molar-refractivity contribution is 0.0762. The van der Waals surface area contributed by atoms with Crippen molar-refractivity contribution in [3.05, 3.63) is 0 Å². The Morgan fingerprint density at radius 3 is 1.47 bits per heavy atom. The first-order valence-electron chi connectivity index (χ1n) is 7.87. The van der Waals surface area contributed by atoms with Gasteiger partial charge in [0.1, 0.15) is 0 Å². The fraction of sp³-hybridized carbons (Fsp3) is 1.00.